The van der Waals surface area contributed by atoms with Crippen molar-refractivity contribution >= 4 is 0 Å². The van der Waals surface area contributed by atoms with Gasteiger partial charge in [0.05, 0.1) is 31.6 Å². The van der Waals surface area contributed by atoms with Crippen LogP contribution in [0.3, 0.4) is 0 Å². The lowest BCUT2D eigenvalue weighted by Crippen LogP contribution is -1.99. The molecular formula is C11H10N2O. The third-order valence-corrected chi connectivity index (χ3v) is 2.07. The molecule has 1 N–H and O–H groups in total. The van der Waals surface area contributed by atoms with E-state index in [0.717, 1.165) is 16.7 Å². The number of nitrogens with zero attached hydrogens (tertiary/aromatic N) is 2. The van der Waals surface area contributed by atoms with E-state index in [1.807, 2.05) is 18.2 Å². The van der Waals surface area contributed by atoms with E-state index in [1.54, 1.807) is 12.1 Å². The predicted molar refractivity (Wildman–Crippen MR) is 51.0 cm³/mol. The van der Waals surface area contributed by atoms with E-state index >= 15 is 0 Å². The van der Waals surface area contributed by atoms with Crippen LogP contribution >= 0.6 is 0 Å². The van der Waals surface area contributed by atoms with Crippen LogP contribution in [0.25, 0.3) is 0 Å². The third-order valence-electron chi connectivity index (χ3n) is 2.07. The van der Waals surface area contributed by atoms with Gasteiger partial charge in [0.1, 0.15) is 0 Å². The first-order valence-electron chi connectivity index (χ1n) is 4.28. The van der Waals surface area contributed by atoms with Crippen molar-refractivity contribution in [2.24, 2.45) is 0 Å². The quantitative estimate of drug-likeness (QED) is 0.773. The highest BCUT2D eigenvalue weighted by molar-refractivity contribution is 5.38. The van der Waals surface area contributed by atoms with Gasteiger partial charge in [-0.1, -0.05) is 18.2 Å². The minimum absolute atomic E-state index is 0.0870. The Balaban J connectivity index is 3.16. The molecule has 0 atom stereocenters. The second kappa shape index (κ2) is 5.01. The van der Waals surface area contributed by atoms with Crippen molar-refractivity contribution in [1.82, 2.24) is 0 Å². The fraction of sp³-hybridized carbons (Fsp3) is 0.273. The van der Waals surface area contributed by atoms with E-state index in [1.165, 1.54) is 0 Å². The van der Waals surface area contributed by atoms with Crippen LogP contribution in [0.4, 0.5) is 0 Å². The second-order valence-electron chi connectivity index (χ2n) is 2.88. The van der Waals surface area contributed by atoms with Crippen LogP contribution in [0.5, 0.6) is 0 Å². The summed E-state index contributed by atoms with van der Waals surface area (Å²) in [6.07, 6.45) is 0.526. The Bertz CT molecular complexity index is 399. The third kappa shape index (κ3) is 2.10. The highest BCUT2D eigenvalue weighted by atomic mass is 16.3. The topological polar surface area (TPSA) is 67.8 Å². The molecule has 0 aliphatic heterocycles. The van der Waals surface area contributed by atoms with Crippen LogP contribution in [0.1, 0.15) is 16.7 Å². The lowest BCUT2D eigenvalue weighted by Gasteiger charge is -2.07. The molecule has 0 aliphatic carbocycles. The molecule has 0 bridgehead atoms. The molecule has 0 aromatic heterocycles. The first-order valence-corrected chi connectivity index (χ1v) is 4.28. The molecule has 14 heavy (non-hydrogen) atoms. The van der Waals surface area contributed by atoms with Crippen LogP contribution in [0.2, 0.25) is 0 Å². The summed E-state index contributed by atoms with van der Waals surface area (Å²) < 4.78 is 0. The molecule has 0 amide bonds. The summed E-state index contributed by atoms with van der Waals surface area (Å²) >= 11 is 0. The van der Waals surface area contributed by atoms with Gasteiger partial charge in [0.15, 0.2) is 0 Å². The van der Waals surface area contributed by atoms with Crippen molar-refractivity contribution in [3.05, 3.63) is 34.9 Å². The van der Waals surface area contributed by atoms with E-state index in [0.29, 0.717) is 0 Å². The number of nitriles is 2. The van der Waals surface area contributed by atoms with Gasteiger partial charge in [0.2, 0.25) is 0 Å². The molecule has 1 rings (SSSR count). The summed E-state index contributed by atoms with van der Waals surface area (Å²) in [4.78, 5) is 0. The van der Waals surface area contributed by atoms with Crippen LogP contribution < -0.4 is 0 Å². The summed E-state index contributed by atoms with van der Waals surface area (Å²) in [6.45, 7) is -0.0870. The number of aliphatic hydroxyl groups is 1. The Morgan fingerprint density at radius 1 is 1.07 bits per heavy atom. The van der Waals surface area contributed by atoms with Crippen LogP contribution in [0.15, 0.2) is 18.2 Å². The van der Waals surface area contributed by atoms with E-state index in [2.05, 4.69) is 0 Å². The Hall–Kier alpha value is -1.84. The molecule has 0 radical (unpaired) electrons. The van der Waals surface area contributed by atoms with Gasteiger partial charge in [-0.3, -0.25) is 0 Å². The van der Waals surface area contributed by atoms with E-state index in [9.17, 15) is 0 Å². The maximum atomic E-state index is 9.05. The Labute approximate surface area is 82.8 Å². The first-order chi connectivity index (χ1) is 6.83. The molecule has 70 valence electrons. The summed E-state index contributed by atoms with van der Waals surface area (Å²) in [5, 5.41) is 26.2. The van der Waals surface area contributed by atoms with Gasteiger partial charge in [-0.15, -0.1) is 0 Å². The zero-order valence-corrected chi connectivity index (χ0v) is 7.70. The normalized spacial score (nSPS) is 9.07. The molecule has 0 aliphatic rings. The van der Waals surface area contributed by atoms with E-state index in [-0.39, 0.29) is 19.4 Å². The van der Waals surface area contributed by atoms with Crippen LogP contribution in [-0.4, -0.2) is 5.11 Å². The average molecular weight is 186 g/mol. The van der Waals surface area contributed by atoms with Gasteiger partial charge in [0.25, 0.3) is 0 Å². The molecule has 0 spiro atoms. The number of rotatable bonds is 3. The fourth-order valence-electron chi connectivity index (χ4n) is 1.39. The van der Waals surface area contributed by atoms with Gasteiger partial charge >= 0.3 is 0 Å². The van der Waals surface area contributed by atoms with Crippen molar-refractivity contribution in [2.45, 2.75) is 19.4 Å². The summed E-state index contributed by atoms with van der Waals surface area (Å²) in [5.74, 6) is 0. The van der Waals surface area contributed by atoms with Gasteiger partial charge in [-0.25, -0.2) is 0 Å². The smallest absolute Gasteiger partial charge is 0.0684 e. The second-order valence-corrected chi connectivity index (χ2v) is 2.88. The van der Waals surface area contributed by atoms with E-state index in [4.69, 9.17) is 15.6 Å². The predicted octanol–water partition coefficient (Wildman–Crippen LogP) is 1.31. The molecule has 0 unspecified atom stereocenters. The van der Waals surface area contributed by atoms with Crippen molar-refractivity contribution in [3.63, 3.8) is 0 Å². The maximum absolute atomic E-state index is 9.05. The van der Waals surface area contributed by atoms with Gasteiger partial charge < -0.3 is 5.11 Å². The average Bonchev–Trinajstić information content (AvgIpc) is 2.21. The molecule has 1 aromatic rings. The Morgan fingerprint density at radius 2 is 1.71 bits per heavy atom. The largest absolute Gasteiger partial charge is 0.392 e. The number of hydrogen-bond acceptors (Lipinski definition) is 3. The van der Waals surface area contributed by atoms with Gasteiger partial charge in [-0.2, -0.15) is 10.5 Å². The standard InChI is InChI=1S/C11H10N2O/c12-6-4-9-2-1-3-10(8-14)11(9)5-7-13/h1-3,14H,4-5,8H2. The molecule has 3 nitrogen and oxygen atoms in total. The van der Waals surface area contributed by atoms with Crippen LogP contribution in [0, 0.1) is 22.7 Å². The minimum Gasteiger partial charge on any atom is -0.392 e. The number of hydrogen-bond donors (Lipinski definition) is 1. The highest BCUT2D eigenvalue weighted by Gasteiger charge is 2.06. The zero-order valence-electron chi connectivity index (χ0n) is 7.70. The SMILES string of the molecule is N#CCc1cccc(CO)c1CC#N. The number of aliphatic hydroxyl groups excluding tert-OH is 1. The van der Waals surface area contributed by atoms with Gasteiger partial charge in [0, 0.05) is 0 Å². The number of benzene rings is 1. The Morgan fingerprint density at radius 3 is 2.29 bits per heavy atom. The van der Waals surface area contributed by atoms with E-state index < -0.39 is 0 Å². The Kier molecular flexibility index (Phi) is 3.67. The lowest BCUT2D eigenvalue weighted by molar-refractivity contribution is 0.280. The molecule has 1 aromatic carbocycles. The fourth-order valence-corrected chi connectivity index (χ4v) is 1.39. The molecule has 0 saturated heterocycles. The molecule has 0 heterocycles. The summed E-state index contributed by atoms with van der Waals surface area (Å²) in [6, 6.07) is 9.46. The van der Waals surface area contributed by atoms with Crippen molar-refractivity contribution in [3.8, 4) is 12.1 Å². The summed E-state index contributed by atoms with van der Waals surface area (Å²) in [5.41, 5.74) is 2.36. The van der Waals surface area contributed by atoms with Crippen molar-refractivity contribution < 1.29 is 5.11 Å². The first kappa shape index (κ1) is 10.2. The molecule has 0 fully saturated rings. The monoisotopic (exact) mass is 186 g/mol. The lowest BCUT2D eigenvalue weighted by atomic mass is 9.97. The highest BCUT2D eigenvalue weighted by Crippen LogP contribution is 2.16. The van der Waals surface area contributed by atoms with Crippen LogP contribution in [-0.2, 0) is 19.4 Å². The minimum atomic E-state index is -0.0870. The van der Waals surface area contributed by atoms with Gasteiger partial charge in [-0.05, 0) is 16.7 Å². The molecular weight excluding hydrogens is 176 g/mol. The summed E-state index contributed by atoms with van der Waals surface area (Å²) in [7, 11) is 0. The molecule has 0 saturated carbocycles. The van der Waals surface area contributed by atoms with Crippen molar-refractivity contribution in [1.29, 1.82) is 10.5 Å². The molecule has 3 heteroatoms. The van der Waals surface area contributed by atoms with Crippen molar-refractivity contribution in [2.75, 3.05) is 0 Å². The maximum Gasteiger partial charge on any atom is 0.0684 e. The zero-order chi connectivity index (χ0) is 10.4.